The van der Waals surface area contributed by atoms with Crippen molar-refractivity contribution in [2.45, 2.75) is 45.6 Å². The molecule has 1 aromatic rings. The third-order valence-corrected chi connectivity index (χ3v) is 3.87. The summed E-state index contributed by atoms with van der Waals surface area (Å²) in [6.07, 6.45) is 3.21. The van der Waals surface area contributed by atoms with E-state index >= 15 is 0 Å². The largest absolute Gasteiger partial charge is 0.481 e. The summed E-state index contributed by atoms with van der Waals surface area (Å²) in [6, 6.07) is 3.63. The molecule has 0 atom stereocenters. The van der Waals surface area contributed by atoms with E-state index in [1.807, 2.05) is 13.8 Å². The first kappa shape index (κ1) is 12.9. The van der Waals surface area contributed by atoms with Gasteiger partial charge in [0.25, 0.3) is 0 Å². The Bertz CT molecular complexity index is 484. The molecule has 0 radical (unpaired) electrons. The molecule has 1 aliphatic carbocycles. The quantitative estimate of drug-likeness (QED) is 0.874. The lowest BCUT2D eigenvalue weighted by Gasteiger charge is -2.31. The smallest absolute Gasteiger partial charge is 0.306 e. The Morgan fingerprint density at radius 2 is 1.67 bits per heavy atom. The Morgan fingerprint density at radius 3 is 2.11 bits per heavy atom. The van der Waals surface area contributed by atoms with Crippen molar-refractivity contribution in [1.82, 2.24) is 4.57 Å². The summed E-state index contributed by atoms with van der Waals surface area (Å²) in [6.45, 7) is 3.88. The van der Waals surface area contributed by atoms with Crippen molar-refractivity contribution in [2.75, 3.05) is 0 Å². The van der Waals surface area contributed by atoms with Gasteiger partial charge in [-0.25, -0.2) is 0 Å². The number of pyridine rings is 1. The topological polar surface area (TPSA) is 59.3 Å². The van der Waals surface area contributed by atoms with E-state index in [-0.39, 0.29) is 11.3 Å². The predicted molar refractivity (Wildman–Crippen MR) is 68.8 cm³/mol. The van der Waals surface area contributed by atoms with Crippen LogP contribution in [-0.4, -0.2) is 15.6 Å². The highest BCUT2D eigenvalue weighted by Gasteiger charge is 2.27. The number of nitrogens with zero attached hydrogens (tertiary/aromatic N) is 1. The molecule has 0 aliphatic heterocycles. The highest BCUT2D eigenvalue weighted by atomic mass is 16.4. The van der Waals surface area contributed by atoms with E-state index in [2.05, 4.69) is 4.57 Å². The Morgan fingerprint density at radius 1 is 1.17 bits per heavy atom. The maximum absolute atomic E-state index is 11.4. The average Bonchev–Trinajstić information content (AvgIpc) is 2.28. The fourth-order valence-electron chi connectivity index (χ4n) is 3.03. The minimum absolute atomic E-state index is 0.0421. The van der Waals surface area contributed by atoms with Crippen LogP contribution in [0.1, 0.15) is 43.1 Å². The third-order valence-electron chi connectivity index (χ3n) is 3.87. The fourth-order valence-corrected chi connectivity index (χ4v) is 3.03. The molecule has 1 aliphatic rings. The highest BCUT2D eigenvalue weighted by Crippen LogP contribution is 2.33. The molecule has 2 rings (SSSR count). The van der Waals surface area contributed by atoms with Gasteiger partial charge in [0.1, 0.15) is 0 Å². The molecule has 0 aromatic carbocycles. The van der Waals surface area contributed by atoms with Gasteiger partial charge in [-0.1, -0.05) is 0 Å². The van der Waals surface area contributed by atoms with Gasteiger partial charge < -0.3 is 9.67 Å². The zero-order valence-corrected chi connectivity index (χ0v) is 10.8. The zero-order valence-electron chi connectivity index (χ0n) is 10.8. The van der Waals surface area contributed by atoms with Crippen LogP contribution in [0.2, 0.25) is 0 Å². The Labute approximate surface area is 106 Å². The summed E-state index contributed by atoms with van der Waals surface area (Å²) in [5.74, 6) is -0.872. The number of aryl methyl sites for hydroxylation is 2. The van der Waals surface area contributed by atoms with Crippen molar-refractivity contribution >= 4 is 5.97 Å². The molecule has 1 saturated carbocycles. The van der Waals surface area contributed by atoms with Crippen LogP contribution < -0.4 is 5.43 Å². The van der Waals surface area contributed by atoms with Gasteiger partial charge in [0.15, 0.2) is 5.43 Å². The number of carboxylic acid groups (broad SMARTS) is 1. The molecule has 0 amide bonds. The monoisotopic (exact) mass is 249 g/mol. The van der Waals surface area contributed by atoms with Crippen LogP contribution in [-0.2, 0) is 4.79 Å². The summed E-state index contributed by atoms with van der Waals surface area (Å²) in [7, 11) is 0. The van der Waals surface area contributed by atoms with Crippen molar-refractivity contribution in [3.8, 4) is 0 Å². The van der Waals surface area contributed by atoms with Crippen molar-refractivity contribution < 1.29 is 9.90 Å². The van der Waals surface area contributed by atoms with Crippen LogP contribution >= 0.6 is 0 Å². The molecule has 1 N–H and O–H groups in total. The van der Waals surface area contributed by atoms with Crippen molar-refractivity contribution in [1.29, 1.82) is 0 Å². The Hall–Kier alpha value is -1.58. The van der Waals surface area contributed by atoms with Crippen LogP contribution in [0.15, 0.2) is 16.9 Å². The summed E-state index contributed by atoms with van der Waals surface area (Å²) < 4.78 is 2.18. The maximum atomic E-state index is 11.4. The number of rotatable bonds is 2. The Balaban J connectivity index is 2.20. The molecular formula is C14H19NO3. The minimum Gasteiger partial charge on any atom is -0.481 e. The van der Waals surface area contributed by atoms with Crippen LogP contribution in [0, 0.1) is 19.8 Å². The summed E-state index contributed by atoms with van der Waals surface area (Å²) in [5, 5.41) is 8.99. The van der Waals surface area contributed by atoms with Crippen LogP contribution in [0.3, 0.4) is 0 Å². The SMILES string of the molecule is Cc1cc(=O)cc(C)n1C1CCC(C(=O)O)CC1. The van der Waals surface area contributed by atoms with Crippen LogP contribution in [0.25, 0.3) is 0 Å². The van der Waals surface area contributed by atoms with Gasteiger partial charge in [0.05, 0.1) is 5.92 Å². The third kappa shape index (κ3) is 2.47. The molecule has 0 saturated heterocycles. The predicted octanol–water partition coefficient (Wildman–Crippen LogP) is 2.28. The molecular weight excluding hydrogens is 230 g/mol. The van der Waals surface area contributed by atoms with Crippen LogP contribution in [0.4, 0.5) is 0 Å². The van der Waals surface area contributed by atoms with Crippen molar-refractivity contribution in [3.05, 3.63) is 33.7 Å². The first-order chi connectivity index (χ1) is 8.49. The lowest BCUT2D eigenvalue weighted by Crippen LogP contribution is -2.26. The van der Waals surface area contributed by atoms with Gasteiger partial charge in [-0.2, -0.15) is 0 Å². The Kier molecular flexibility index (Phi) is 3.55. The summed E-state index contributed by atoms with van der Waals surface area (Å²) in [5.41, 5.74) is 1.98. The average molecular weight is 249 g/mol. The van der Waals surface area contributed by atoms with Gasteiger partial charge in [0, 0.05) is 29.6 Å². The first-order valence-corrected chi connectivity index (χ1v) is 6.41. The number of carboxylic acids is 1. The molecule has 4 heteroatoms. The van der Waals surface area contributed by atoms with E-state index in [4.69, 9.17) is 5.11 Å². The lowest BCUT2D eigenvalue weighted by molar-refractivity contribution is -0.143. The standard InChI is InChI=1S/C14H19NO3/c1-9-7-13(16)8-10(2)15(9)12-5-3-11(4-6-12)14(17)18/h7-8,11-12H,3-6H2,1-2H3,(H,17,18). The number of carbonyl (C=O) groups is 1. The van der Waals surface area contributed by atoms with E-state index in [1.54, 1.807) is 12.1 Å². The number of hydrogen-bond acceptors (Lipinski definition) is 2. The number of hydrogen-bond donors (Lipinski definition) is 1. The molecule has 98 valence electrons. The molecule has 0 unspecified atom stereocenters. The van der Waals surface area contributed by atoms with Gasteiger partial charge in [0.2, 0.25) is 0 Å². The second kappa shape index (κ2) is 4.96. The molecule has 4 nitrogen and oxygen atoms in total. The van der Waals surface area contributed by atoms with Gasteiger partial charge >= 0.3 is 5.97 Å². The van der Waals surface area contributed by atoms with Gasteiger partial charge in [-0.3, -0.25) is 9.59 Å². The van der Waals surface area contributed by atoms with Crippen LogP contribution in [0.5, 0.6) is 0 Å². The fraction of sp³-hybridized carbons (Fsp3) is 0.571. The van der Waals surface area contributed by atoms with Gasteiger partial charge in [-0.15, -0.1) is 0 Å². The normalized spacial score (nSPS) is 23.9. The van der Waals surface area contributed by atoms with E-state index in [0.29, 0.717) is 6.04 Å². The molecule has 0 spiro atoms. The lowest BCUT2D eigenvalue weighted by atomic mass is 9.85. The van der Waals surface area contributed by atoms with Crippen molar-refractivity contribution in [2.24, 2.45) is 5.92 Å². The maximum Gasteiger partial charge on any atom is 0.306 e. The summed E-state index contributed by atoms with van der Waals surface area (Å²) in [4.78, 5) is 22.3. The summed E-state index contributed by atoms with van der Waals surface area (Å²) >= 11 is 0. The molecule has 1 aromatic heterocycles. The molecule has 1 heterocycles. The second-order valence-electron chi connectivity index (χ2n) is 5.19. The molecule has 0 bridgehead atoms. The highest BCUT2D eigenvalue weighted by molar-refractivity contribution is 5.70. The molecule has 1 fully saturated rings. The molecule has 18 heavy (non-hydrogen) atoms. The zero-order chi connectivity index (χ0) is 13.3. The number of aromatic nitrogens is 1. The van der Waals surface area contributed by atoms with Crippen molar-refractivity contribution in [3.63, 3.8) is 0 Å². The van der Waals surface area contributed by atoms with E-state index in [9.17, 15) is 9.59 Å². The van der Waals surface area contributed by atoms with E-state index in [1.165, 1.54) is 0 Å². The van der Waals surface area contributed by atoms with Gasteiger partial charge in [-0.05, 0) is 39.5 Å². The minimum atomic E-state index is -0.679. The number of aliphatic carboxylic acids is 1. The van der Waals surface area contributed by atoms with E-state index < -0.39 is 5.97 Å². The first-order valence-electron chi connectivity index (χ1n) is 6.41. The second-order valence-corrected chi connectivity index (χ2v) is 5.19. The van der Waals surface area contributed by atoms with E-state index in [0.717, 1.165) is 37.1 Å².